The van der Waals surface area contributed by atoms with E-state index in [1.165, 1.54) is 38.1 Å². The van der Waals surface area contributed by atoms with E-state index in [0.29, 0.717) is 17.3 Å². The first-order chi connectivity index (χ1) is 14.1. The predicted molar refractivity (Wildman–Crippen MR) is 114 cm³/mol. The summed E-state index contributed by atoms with van der Waals surface area (Å²) < 4.78 is 5.10. The Morgan fingerprint density at radius 1 is 1.14 bits per heavy atom. The van der Waals surface area contributed by atoms with Gasteiger partial charge in [0.1, 0.15) is 5.70 Å². The average molecular weight is 392 g/mol. The van der Waals surface area contributed by atoms with Crippen LogP contribution in [0.25, 0.3) is 6.08 Å². The second-order valence-electron chi connectivity index (χ2n) is 7.09. The lowest BCUT2D eigenvalue weighted by Crippen LogP contribution is -2.30. The van der Waals surface area contributed by atoms with Gasteiger partial charge in [0.15, 0.2) is 11.5 Å². The normalized spacial score (nSPS) is 17.8. The Bertz CT molecular complexity index is 961. The lowest BCUT2D eigenvalue weighted by Gasteiger charge is -2.28. The molecule has 2 aromatic rings. The highest BCUT2D eigenvalue weighted by Crippen LogP contribution is 2.28. The Morgan fingerprint density at radius 3 is 2.62 bits per heavy atom. The number of hydrogen-bond donors (Lipinski definition) is 3. The number of aromatic hydroxyl groups is 1. The van der Waals surface area contributed by atoms with Gasteiger partial charge in [-0.25, -0.2) is 4.99 Å². The lowest BCUT2D eigenvalue weighted by atomic mass is 10.1. The third-order valence-electron chi connectivity index (χ3n) is 5.06. The highest BCUT2D eigenvalue weighted by molar-refractivity contribution is 6.17. The molecule has 1 saturated heterocycles. The van der Waals surface area contributed by atoms with Crippen molar-refractivity contribution in [2.75, 3.05) is 30.4 Å². The summed E-state index contributed by atoms with van der Waals surface area (Å²) >= 11 is 0. The molecule has 7 nitrogen and oxygen atoms in total. The van der Waals surface area contributed by atoms with E-state index in [-0.39, 0.29) is 17.4 Å². The molecule has 2 aliphatic rings. The zero-order valence-corrected chi connectivity index (χ0v) is 16.3. The standard InChI is InChI=1S/C22H24N4O3/c1-29-20-14-15(5-10-19(20)27)13-18-21(28)25-22(24-18)23-16-6-8-17(9-7-16)26-11-3-2-4-12-26/h5-10,13-14,27H,2-4,11-12H2,1H3,(H2,23,24,25,28)/b18-13-. The first-order valence-electron chi connectivity index (χ1n) is 9.73. The summed E-state index contributed by atoms with van der Waals surface area (Å²) in [5, 5.41) is 15.6. The molecular formula is C22H24N4O3. The molecule has 4 rings (SSSR count). The second-order valence-corrected chi connectivity index (χ2v) is 7.09. The molecule has 150 valence electrons. The molecule has 2 heterocycles. The number of amides is 1. The number of nitrogens with one attached hydrogen (secondary N) is 2. The Kier molecular flexibility index (Phi) is 5.37. The number of anilines is 2. The van der Waals surface area contributed by atoms with Gasteiger partial charge in [-0.15, -0.1) is 0 Å². The lowest BCUT2D eigenvalue weighted by molar-refractivity contribution is -0.115. The fourth-order valence-electron chi connectivity index (χ4n) is 3.51. The molecule has 0 radical (unpaired) electrons. The van der Waals surface area contributed by atoms with Crippen molar-refractivity contribution in [3.8, 4) is 11.5 Å². The van der Waals surface area contributed by atoms with E-state index in [1.54, 1.807) is 18.2 Å². The molecule has 0 saturated carbocycles. The van der Waals surface area contributed by atoms with Crippen LogP contribution in [0.3, 0.4) is 0 Å². The minimum atomic E-state index is -0.288. The molecule has 0 unspecified atom stereocenters. The van der Waals surface area contributed by atoms with Crippen molar-refractivity contribution in [2.24, 2.45) is 4.99 Å². The van der Waals surface area contributed by atoms with Crippen molar-refractivity contribution in [3.05, 3.63) is 53.7 Å². The van der Waals surface area contributed by atoms with E-state index in [4.69, 9.17) is 4.74 Å². The number of carbonyl (C=O) groups is 1. The maximum atomic E-state index is 12.2. The SMILES string of the molecule is COc1cc(/C=C2\N=C(Nc3ccc(N4CCCCC4)cc3)NC2=O)ccc1O. The van der Waals surface area contributed by atoms with Gasteiger partial charge in [-0.2, -0.15) is 0 Å². The third-order valence-corrected chi connectivity index (χ3v) is 5.06. The average Bonchev–Trinajstić information content (AvgIpc) is 3.09. The predicted octanol–water partition coefficient (Wildman–Crippen LogP) is 3.33. The molecule has 3 N–H and O–H groups in total. The molecule has 0 aromatic heterocycles. The largest absolute Gasteiger partial charge is 0.504 e. The highest BCUT2D eigenvalue weighted by Gasteiger charge is 2.20. The van der Waals surface area contributed by atoms with Crippen LogP contribution < -0.4 is 20.3 Å². The van der Waals surface area contributed by atoms with Crippen LogP contribution >= 0.6 is 0 Å². The van der Waals surface area contributed by atoms with Gasteiger partial charge in [0, 0.05) is 24.5 Å². The van der Waals surface area contributed by atoms with Crippen LogP contribution in [0.5, 0.6) is 11.5 Å². The van der Waals surface area contributed by atoms with Gasteiger partial charge >= 0.3 is 0 Å². The molecular weight excluding hydrogens is 368 g/mol. The van der Waals surface area contributed by atoms with E-state index in [0.717, 1.165) is 18.8 Å². The van der Waals surface area contributed by atoms with Crippen molar-refractivity contribution >= 4 is 29.3 Å². The second kappa shape index (κ2) is 8.26. The fraction of sp³-hybridized carbons (Fsp3) is 0.273. The molecule has 1 amide bonds. The number of hydrogen-bond acceptors (Lipinski definition) is 6. The van der Waals surface area contributed by atoms with Gasteiger partial charge in [0.2, 0.25) is 5.96 Å². The van der Waals surface area contributed by atoms with Gasteiger partial charge in [-0.05, 0) is 67.3 Å². The quantitative estimate of drug-likeness (QED) is 0.695. The molecule has 0 atom stereocenters. The van der Waals surface area contributed by atoms with E-state index in [9.17, 15) is 9.90 Å². The van der Waals surface area contributed by atoms with Gasteiger partial charge in [0.05, 0.1) is 7.11 Å². The number of ether oxygens (including phenoxy) is 1. The Morgan fingerprint density at radius 2 is 1.90 bits per heavy atom. The van der Waals surface area contributed by atoms with Crippen LogP contribution in [-0.2, 0) is 4.79 Å². The number of phenolic OH excluding ortho intramolecular Hbond substituents is 1. The Hall–Kier alpha value is -3.48. The summed E-state index contributed by atoms with van der Waals surface area (Å²) in [7, 11) is 1.48. The maximum Gasteiger partial charge on any atom is 0.276 e. The summed E-state index contributed by atoms with van der Waals surface area (Å²) in [5.74, 6) is 0.487. The molecule has 1 fully saturated rings. The zero-order chi connectivity index (χ0) is 20.2. The van der Waals surface area contributed by atoms with Crippen LogP contribution in [-0.4, -0.2) is 37.2 Å². The van der Waals surface area contributed by atoms with Gasteiger partial charge < -0.3 is 20.1 Å². The summed E-state index contributed by atoms with van der Waals surface area (Å²) in [6, 6.07) is 13.0. The van der Waals surface area contributed by atoms with Crippen LogP contribution in [0.4, 0.5) is 11.4 Å². The number of phenols is 1. The molecule has 2 aromatic carbocycles. The van der Waals surface area contributed by atoms with E-state index in [1.807, 2.05) is 12.1 Å². The van der Waals surface area contributed by atoms with Crippen molar-refractivity contribution < 1.29 is 14.6 Å². The molecule has 7 heteroatoms. The van der Waals surface area contributed by atoms with Crippen LogP contribution in [0.15, 0.2) is 53.2 Å². The smallest absolute Gasteiger partial charge is 0.276 e. The van der Waals surface area contributed by atoms with E-state index >= 15 is 0 Å². The highest BCUT2D eigenvalue weighted by atomic mass is 16.5. The molecule has 0 aliphatic carbocycles. The number of benzene rings is 2. The Balaban J connectivity index is 1.46. The molecule has 0 bridgehead atoms. The number of guanidine groups is 1. The number of carbonyl (C=O) groups excluding carboxylic acids is 1. The van der Waals surface area contributed by atoms with Crippen LogP contribution in [0.2, 0.25) is 0 Å². The zero-order valence-electron chi connectivity index (χ0n) is 16.3. The summed E-state index contributed by atoms with van der Waals surface area (Å²) in [6.45, 7) is 2.21. The number of nitrogens with zero attached hydrogens (tertiary/aromatic N) is 2. The van der Waals surface area contributed by atoms with Crippen LogP contribution in [0, 0.1) is 0 Å². The minimum absolute atomic E-state index is 0.0457. The van der Waals surface area contributed by atoms with Crippen molar-refractivity contribution in [1.29, 1.82) is 0 Å². The van der Waals surface area contributed by atoms with E-state index < -0.39 is 0 Å². The minimum Gasteiger partial charge on any atom is -0.504 e. The summed E-state index contributed by atoms with van der Waals surface area (Å²) in [4.78, 5) is 19.0. The fourth-order valence-corrected chi connectivity index (χ4v) is 3.51. The van der Waals surface area contributed by atoms with Crippen molar-refractivity contribution in [1.82, 2.24) is 5.32 Å². The topological polar surface area (TPSA) is 86.2 Å². The number of rotatable bonds is 4. The monoisotopic (exact) mass is 392 g/mol. The number of piperidine rings is 1. The number of methoxy groups -OCH3 is 1. The van der Waals surface area contributed by atoms with Gasteiger partial charge in [-0.1, -0.05) is 6.07 Å². The van der Waals surface area contributed by atoms with E-state index in [2.05, 4.69) is 32.7 Å². The third kappa shape index (κ3) is 4.34. The van der Waals surface area contributed by atoms with Crippen LogP contribution in [0.1, 0.15) is 24.8 Å². The summed E-state index contributed by atoms with van der Waals surface area (Å²) in [6.07, 6.45) is 5.43. The molecule has 0 spiro atoms. The van der Waals surface area contributed by atoms with Gasteiger partial charge in [0.25, 0.3) is 5.91 Å². The van der Waals surface area contributed by atoms with Crippen molar-refractivity contribution in [3.63, 3.8) is 0 Å². The Labute approximate surface area is 169 Å². The van der Waals surface area contributed by atoms with Crippen molar-refractivity contribution in [2.45, 2.75) is 19.3 Å². The van der Waals surface area contributed by atoms with Gasteiger partial charge in [-0.3, -0.25) is 10.1 Å². The number of aliphatic imine (C=N–C) groups is 1. The molecule has 29 heavy (non-hydrogen) atoms. The molecule has 2 aliphatic heterocycles. The first-order valence-corrected chi connectivity index (χ1v) is 9.73. The first kappa shape index (κ1) is 18.9. The maximum absolute atomic E-state index is 12.2. The summed E-state index contributed by atoms with van der Waals surface area (Å²) in [5.41, 5.74) is 3.07.